The third-order valence-electron chi connectivity index (χ3n) is 3.76. The van der Waals surface area contributed by atoms with Gasteiger partial charge in [-0.25, -0.2) is 9.67 Å². The Morgan fingerprint density at radius 3 is 3.21 bits per heavy atom. The summed E-state index contributed by atoms with van der Waals surface area (Å²) in [6, 6.07) is 0.400. The summed E-state index contributed by atoms with van der Waals surface area (Å²) in [6.07, 6.45) is 6.04. The lowest BCUT2D eigenvalue weighted by Crippen LogP contribution is -2.37. The van der Waals surface area contributed by atoms with Gasteiger partial charge in [0, 0.05) is 18.4 Å². The number of nitrogens with one attached hydrogen (secondary N) is 1. The van der Waals surface area contributed by atoms with Gasteiger partial charge in [0.25, 0.3) is 0 Å². The molecule has 4 rings (SSSR count). The molecular weight excluding hydrogens is 244 g/mol. The Bertz CT molecular complexity index is 572. The predicted octanol–water partition coefficient (Wildman–Crippen LogP) is 0.643. The Labute approximate surface area is 110 Å². The second kappa shape index (κ2) is 4.41. The average molecular weight is 260 g/mol. The molecule has 0 spiro atoms. The molecule has 1 saturated carbocycles. The van der Waals surface area contributed by atoms with Crippen molar-refractivity contribution in [2.45, 2.75) is 50.7 Å². The van der Waals surface area contributed by atoms with E-state index in [0.717, 1.165) is 36.9 Å². The average Bonchev–Trinajstić information content (AvgIpc) is 3.01. The Morgan fingerprint density at radius 2 is 2.32 bits per heavy atom. The molecule has 7 heteroatoms. The van der Waals surface area contributed by atoms with Gasteiger partial charge in [-0.15, -0.1) is 0 Å². The molecule has 1 aliphatic heterocycles. The van der Waals surface area contributed by atoms with Crippen LogP contribution < -0.4 is 5.32 Å². The highest BCUT2D eigenvalue weighted by Gasteiger charge is 2.29. The summed E-state index contributed by atoms with van der Waals surface area (Å²) < 4.78 is 7.21. The quantitative estimate of drug-likeness (QED) is 0.869. The van der Waals surface area contributed by atoms with E-state index in [1.807, 2.05) is 4.68 Å². The molecule has 0 saturated heterocycles. The van der Waals surface area contributed by atoms with Crippen LogP contribution in [-0.2, 0) is 19.5 Å². The molecule has 1 N–H and O–H groups in total. The first-order valence-corrected chi connectivity index (χ1v) is 6.81. The van der Waals surface area contributed by atoms with Crippen molar-refractivity contribution in [1.29, 1.82) is 0 Å². The molecule has 19 heavy (non-hydrogen) atoms. The van der Waals surface area contributed by atoms with Gasteiger partial charge in [0.15, 0.2) is 5.82 Å². The number of hydrogen-bond donors (Lipinski definition) is 1. The van der Waals surface area contributed by atoms with Gasteiger partial charge in [-0.1, -0.05) is 5.16 Å². The predicted molar refractivity (Wildman–Crippen MR) is 65.2 cm³/mol. The van der Waals surface area contributed by atoms with Gasteiger partial charge >= 0.3 is 0 Å². The molecule has 3 heterocycles. The first kappa shape index (κ1) is 11.1. The van der Waals surface area contributed by atoms with Gasteiger partial charge in [-0.2, -0.15) is 10.1 Å². The minimum absolute atomic E-state index is 0.400. The summed E-state index contributed by atoms with van der Waals surface area (Å²) >= 11 is 0. The Balaban J connectivity index is 1.34. The summed E-state index contributed by atoms with van der Waals surface area (Å²) in [6.45, 7) is 1.52. The lowest BCUT2D eigenvalue weighted by molar-refractivity contribution is 0.345. The molecule has 0 bridgehead atoms. The van der Waals surface area contributed by atoms with Gasteiger partial charge in [-0.3, -0.25) is 0 Å². The monoisotopic (exact) mass is 260 g/mol. The van der Waals surface area contributed by atoms with Crippen molar-refractivity contribution in [1.82, 2.24) is 30.2 Å². The van der Waals surface area contributed by atoms with E-state index in [2.05, 4.69) is 25.5 Å². The van der Waals surface area contributed by atoms with Crippen molar-refractivity contribution in [3.8, 4) is 0 Å². The first-order chi connectivity index (χ1) is 9.38. The van der Waals surface area contributed by atoms with Crippen molar-refractivity contribution < 1.29 is 4.52 Å². The largest absolute Gasteiger partial charge is 0.339 e. The van der Waals surface area contributed by atoms with E-state index in [0.29, 0.717) is 18.5 Å². The third kappa shape index (κ3) is 2.25. The summed E-state index contributed by atoms with van der Waals surface area (Å²) in [4.78, 5) is 8.64. The van der Waals surface area contributed by atoms with E-state index in [1.165, 1.54) is 12.8 Å². The van der Waals surface area contributed by atoms with Gasteiger partial charge < -0.3 is 9.84 Å². The highest BCUT2D eigenvalue weighted by atomic mass is 16.5. The van der Waals surface area contributed by atoms with E-state index in [9.17, 15) is 0 Å². The maximum atomic E-state index is 5.24. The molecule has 0 radical (unpaired) electrons. The molecule has 100 valence electrons. The number of hydrogen-bond acceptors (Lipinski definition) is 6. The fourth-order valence-corrected chi connectivity index (χ4v) is 2.48. The van der Waals surface area contributed by atoms with Crippen LogP contribution in [0.1, 0.15) is 42.7 Å². The molecule has 0 aromatic carbocycles. The molecule has 0 amide bonds. The zero-order valence-corrected chi connectivity index (χ0v) is 10.6. The maximum absolute atomic E-state index is 5.24. The van der Waals surface area contributed by atoms with Crippen LogP contribution in [-0.4, -0.2) is 30.9 Å². The number of aromatic nitrogens is 5. The van der Waals surface area contributed by atoms with Gasteiger partial charge in [0.2, 0.25) is 5.89 Å². The molecule has 2 aromatic heterocycles. The highest BCUT2D eigenvalue weighted by molar-refractivity contribution is 5.01. The molecule has 2 aromatic rings. The molecule has 7 nitrogen and oxygen atoms in total. The zero-order valence-electron chi connectivity index (χ0n) is 10.6. The topological polar surface area (TPSA) is 81.7 Å². The smallest absolute Gasteiger partial charge is 0.229 e. The van der Waals surface area contributed by atoms with Crippen LogP contribution in [0.3, 0.4) is 0 Å². The third-order valence-corrected chi connectivity index (χ3v) is 3.76. The molecule has 0 unspecified atom stereocenters. The van der Waals surface area contributed by atoms with E-state index in [4.69, 9.17) is 4.52 Å². The van der Waals surface area contributed by atoms with E-state index in [1.54, 1.807) is 6.33 Å². The lowest BCUT2D eigenvalue weighted by atomic mass is 10.1. The van der Waals surface area contributed by atoms with Crippen LogP contribution >= 0.6 is 0 Å². The van der Waals surface area contributed by atoms with E-state index < -0.39 is 0 Å². The molecule has 1 aliphatic carbocycles. The van der Waals surface area contributed by atoms with Gasteiger partial charge in [0.1, 0.15) is 12.2 Å². The SMILES string of the molecule is c1nc2n(n1)C[C@H](NCc1noc(C3CC3)n1)CC2. The van der Waals surface area contributed by atoms with Crippen LogP contribution in [0, 0.1) is 0 Å². The van der Waals surface area contributed by atoms with E-state index in [-0.39, 0.29) is 0 Å². The summed E-state index contributed by atoms with van der Waals surface area (Å²) in [5, 5.41) is 11.7. The lowest BCUT2D eigenvalue weighted by Gasteiger charge is -2.22. The van der Waals surface area contributed by atoms with Crippen molar-refractivity contribution in [3.63, 3.8) is 0 Å². The molecule has 1 fully saturated rings. The van der Waals surface area contributed by atoms with Crippen molar-refractivity contribution in [3.05, 3.63) is 23.9 Å². The number of rotatable bonds is 4. The Kier molecular flexibility index (Phi) is 2.58. The number of aryl methyl sites for hydroxylation is 1. The van der Waals surface area contributed by atoms with Gasteiger partial charge in [-0.05, 0) is 19.3 Å². The van der Waals surface area contributed by atoms with Crippen molar-refractivity contribution in [2.75, 3.05) is 0 Å². The number of fused-ring (bicyclic) bond motifs is 1. The Hall–Kier alpha value is -1.76. The normalized spacial score (nSPS) is 22.4. The summed E-state index contributed by atoms with van der Waals surface area (Å²) in [5.74, 6) is 3.16. The van der Waals surface area contributed by atoms with Gasteiger partial charge in [0.05, 0.1) is 13.1 Å². The van der Waals surface area contributed by atoms with Crippen LogP contribution in [0.15, 0.2) is 10.9 Å². The summed E-state index contributed by atoms with van der Waals surface area (Å²) in [7, 11) is 0. The zero-order chi connectivity index (χ0) is 12.7. The maximum Gasteiger partial charge on any atom is 0.229 e. The number of nitrogens with zero attached hydrogens (tertiary/aromatic N) is 5. The fourth-order valence-electron chi connectivity index (χ4n) is 2.48. The minimum atomic E-state index is 0.400. The van der Waals surface area contributed by atoms with Crippen molar-refractivity contribution in [2.24, 2.45) is 0 Å². The summed E-state index contributed by atoms with van der Waals surface area (Å²) in [5.41, 5.74) is 0. The standard InChI is InChI=1S/C12H16N6O/c1-2-8(1)12-16-10(17-19-12)5-13-9-3-4-11-14-7-15-18(11)6-9/h7-9,13H,1-6H2/t9-/m1/s1. The molecular formula is C12H16N6O. The van der Waals surface area contributed by atoms with Crippen molar-refractivity contribution >= 4 is 0 Å². The fraction of sp³-hybridized carbons (Fsp3) is 0.667. The van der Waals surface area contributed by atoms with E-state index >= 15 is 0 Å². The second-order valence-electron chi connectivity index (χ2n) is 5.30. The molecule has 1 atom stereocenters. The van der Waals surface area contributed by atoms with Crippen LogP contribution in [0.2, 0.25) is 0 Å². The second-order valence-corrected chi connectivity index (χ2v) is 5.30. The minimum Gasteiger partial charge on any atom is -0.339 e. The van der Waals surface area contributed by atoms with Crippen LogP contribution in [0.25, 0.3) is 0 Å². The Morgan fingerprint density at radius 1 is 1.37 bits per heavy atom. The first-order valence-electron chi connectivity index (χ1n) is 6.81. The van der Waals surface area contributed by atoms with Crippen LogP contribution in [0.4, 0.5) is 0 Å². The highest BCUT2D eigenvalue weighted by Crippen LogP contribution is 2.38. The molecule has 2 aliphatic rings. The van der Waals surface area contributed by atoms with Crippen LogP contribution in [0.5, 0.6) is 0 Å².